The van der Waals surface area contributed by atoms with Gasteiger partial charge in [-0.1, -0.05) is 25.5 Å². The molecule has 112 valence electrons. The van der Waals surface area contributed by atoms with Crippen LogP contribution in [0.1, 0.15) is 41.3 Å². The molecule has 0 N–H and O–H groups in total. The van der Waals surface area contributed by atoms with E-state index in [4.69, 9.17) is 0 Å². The van der Waals surface area contributed by atoms with Crippen LogP contribution in [0.25, 0.3) is 0 Å². The van der Waals surface area contributed by atoms with E-state index in [9.17, 15) is 9.18 Å². The van der Waals surface area contributed by atoms with Gasteiger partial charge in [0, 0.05) is 13.1 Å². The number of unbranched alkanes of at least 4 members (excludes halogenated alkanes) is 1. The molecule has 2 nitrogen and oxygen atoms in total. The summed E-state index contributed by atoms with van der Waals surface area (Å²) < 4.78 is 14.2. The summed E-state index contributed by atoms with van der Waals surface area (Å²) in [6.45, 7) is 4.95. The van der Waals surface area contributed by atoms with Crippen LogP contribution in [-0.2, 0) is 6.54 Å². The monoisotopic (exact) mass is 305 g/mol. The van der Waals surface area contributed by atoms with Gasteiger partial charge in [-0.15, -0.1) is 0 Å². The first kappa shape index (κ1) is 15.7. The van der Waals surface area contributed by atoms with Crippen molar-refractivity contribution in [3.63, 3.8) is 0 Å². The molecule has 2 rings (SSSR count). The summed E-state index contributed by atoms with van der Waals surface area (Å²) in [7, 11) is 0. The second-order valence-corrected chi connectivity index (χ2v) is 5.93. The number of hydrogen-bond acceptors (Lipinski definition) is 2. The van der Waals surface area contributed by atoms with Gasteiger partial charge in [0.15, 0.2) is 0 Å². The highest BCUT2D eigenvalue weighted by molar-refractivity contribution is 7.07. The Bertz CT molecular complexity index is 595. The fourth-order valence-corrected chi connectivity index (χ4v) is 2.85. The summed E-state index contributed by atoms with van der Waals surface area (Å²) in [5, 5.41) is 4.02. The molecular weight excluding hydrogens is 285 g/mol. The Balaban J connectivity index is 2.22. The van der Waals surface area contributed by atoms with Crippen molar-refractivity contribution in [3.8, 4) is 0 Å². The predicted octanol–water partition coefficient (Wildman–Crippen LogP) is 4.64. The molecule has 0 unspecified atom stereocenters. The molecule has 0 bridgehead atoms. The van der Waals surface area contributed by atoms with Crippen LogP contribution in [0, 0.1) is 12.7 Å². The molecule has 2 aromatic rings. The Kier molecular flexibility index (Phi) is 5.51. The molecule has 1 heterocycles. The minimum absolute atomic E-state index is 0.168. The van der Waals surface area contributed by atoms with Gasteiger partial charge in [-0.2, -0.15) is 11.3 Å². The van der Waals surface area contributed by atoms with Gasteiger partial charge in [0.05, 0.1) is 5.56 Å². The minimum Gasteiger partial charge on any atom is -0.334 e. The van der Waals surface area contributed by atoms with Crippen molar-refractivity contribution in [2.75, 3.05) is 6.54 Å². The van der Waals surface area contributed by atoms with Crippen LogP contribution in [0.15, 0.2) is 35.0 Å². The Labute approximate surface area is 129 Å². The Morgan fingerprint density at radius 2 is 2.14 bits per heavy atom. The van der Waals surface area contributed by atoms with Crippen LogP contribution in [0.4, 0.5) is 4.39 Å². The molecule has 1 aromatic carbocycles. The average molecular weight is 305 g/mol. The van der Waals surface area contributed by atoms with Crippen LogP contribution in [0.3, 0.4) is 0 Å². The van der Waals surface area contributed by atoms with Gasteiger partial charge in [-0.3, -0.25) is 4.79 Å². The summed E-state index contributed by atoms with van der Waals surface area (Å²) in [6, 6.07) is 6.98. The molecule has 0 aliphatic heterocycles. The van der Waals surface area contributed by atoms with Crippen molar-refractivity contribution in [1.82, 2.24) is 4.90 Å². The number of carbonyl (C=O) groups is 1. The number of aryl methyl sites for hydroxylation is 1. The molecule has 0 atom stereocenters. The summed E-state index contributed by atoms with van der Waals surface area (Å²) in [6.07, 6.45) is 1.92. The minimum atomic E-state index is -0.408. The largest absolute Gasteiger partial charge is 0.334 e. The molecule has 1 amide bonds. The van der Waals surface area contributed by atoms with Crippen LogP contribution in [0.5, 0.6) is 0 Å². The van der Waals surface area contributed by atoms with E-state index in [1.807, 2.05) is 16.8 Å². The Morgan fingerprint density at radius 3 is 2.81 bits per heavy atom. The van der Waals surface area contributed by atoms with Crippen molar-refractivity contribution < 1.29 is 9.18 Å². The third-order valence-electron chi connectivity index (χ3n) is 3.44. The number of carbonyl (C=O) groups excluding carboxylic acids is 1. The average Bonchev–Trinajstić information content (AvgIpc) is 2.98. The summed E-state index contributed by atoms with van der Waals surface area (Å²) >= 11 is 1.61. The lowest BCUT2D eigenvalue weighted by atomic mass is 10.1. The maximum atomic E-state index is 14.2. The normalized spacial score (nSPS) is 10.6. The number of nitrogens with zero attached hydrogens (tertiary/aromatic N) is 1. The molecule has 0 saturated heterocycles. The van der Waals surface area contributed by atoms with E-state index < -0.39 is 5.82 Å². The highest BCUT2D eigenvalue weighted by Crippen LogP contribution is 2.17. The molecular formula is C17H20FNOS. The molecule has 0 aliphatic rings. The number of amides is 1. The quantitative estimate of drug-likeness (QED) is 0.761. The summed E-state index contributed by atoms with van der Waals surface area (Å²) in [4.78, 5) is 14.4. The van der Waals surface area contributed by atoms with Gasteiger partial charge in [0.2, 0.25) is 0 Å². The zero-order chi connectivity index (χ0) is 15.2. The van der Waals surface area contributed by atoms with E-state index in [1.165, 1.54) is 0 Å². The maximum Gasteiger partial charge on any atom is 0.257 e. The Morgan fingerprint density at radius 1 is 1.33 bits per heavy atom. The second kappa shape index (κ2) is 7.36. The first-order valence-corrected chi connectivity index (χ1v) is 8.13. The highest BCUT2D eigenvalue weighted by atomic mass is 32.1. The van der Waals surface area contributed by atoms with E-state index in [0.29, 0.717) is 18.7 Å². The number of thiophene rings is 1. The lowest BCUT2D eigenvalue weighted by molar-refractivity contribution is 0.0736. The number of hydrogen-bond donors (Lipinski definition) is 0. The number of halogens is 1. The number of rotatable bonds is 6. The summed E-state index contributed by atoms with van der Waals surface area (Å²) in [5.74, 6) is -0.634. The molecule has 0 fully saturated rings. The van der Waals surface area contributed by atoms with E-state index in [2.05, 4.69) is 6.92 Å². The molecule has 0 spiro atoms. The van der Waals surface area contributed by atoms with Crippen molar-refractivity contribution in [2.24, 2.45) is 0 Å². The van der Waals surface area contributed by atoms with E-state index in [-0.39, 0.29) is 11.5 Å². The fourth-order valence-electron chi connectivity index (χ4n) is 2.19. The summed E-state index contributed by atoms with van der Waals surface area (Å²) in [5.41, 5.74) is 1.77. The van der Waals surface area contributed by atoms with Crippen molar-refractivity contribution in [1.29, 1.82) is 0 Å². The van der Waals surface area contributed by atoms with Gasteiger partial charge in [0.1, 0.15) is 5.82 Å². The Hall–Kier alpha value is -1.68. The van der Waals surface area contributed by atoms with Gasteiger partial charge in [-0.25, -0.2) is 4.39 Å². The van der Waals surface area contributed by atoms with Gasteiger partial charge in [0.25, 0.3) is 5.91 Å². The van der Waals surface area contributed by atoms with Crippen molar-refractivity contribution >= 4 is 17.2 Å². The van der Waals surface area contributed by atoms with Crippen LogP contribution < -0.4 is 0 Å². The molecule has 0 saturated carbocycles. The van der Waals surface area contributed by atoms with Crippen LogP contribution in [0.2, 0.25) is 0 Å². The molecule has 4 heteroatoms. The molecule has 21 heavy (non-hydrogen) atoms. The molecule has 1 aromatic heterocycles. The molecule has 0 radical (unpaired) electrons. The third-order valence-corrected chi connectivity index (χ3v) is 4.18. The molecule has 0 aliphatic carbocycles. The van der Waals surface area contributed by atoms with Gasteiger partial charge in [-0.05, 0) is 47.4 Å². The van der Waals surface area contributed by atoms with Gasteiger partial charge >= 0.3 is 0 Å². The fraction of sp³-hybridized carbons (Fsp3) is 0.353. The second-order valence-electron chi connectivity index (χ2n) is 5.15. The smallest absolute Gasteiger partial charge is 0.257 e. The topological polar surface area (TPSA) is 20.3 Å². The van der Waals surface area contributed by atoms with Crippen LogP contribution >= 0.6 is 11.3 Å². The predicted molar refractivity (Wildman–Crippen MR) is 85.1 cm³/mol. The van der Waals surface area contributed by atoms with Crippen molar-refractivity contribution in [2.45, 2.75) is 33.2 Å². The maximum absolute atomic E-state index is 14.2. The lowest BCUT2D eigenvalue weighted by Crippen LogP contribution is -2.32. The van der Waals surface area contributed by atoms with E-state index in [0.717, 1.165) is 18.4 Å². The zero-order valence-corrected chi connectivity index (χ0v) is 13.3. The first-order valence-electron chi connectivity index (χ1n) is 7.19. The number of benzene rings is 1. The third kappa shape index (κ3) is 3.91. The SMILES string of the molecule is CCCCN(Cc1ccsc1)C(=O)c1cccc(C)c1F. The standard InChI is InChI=1S/C17H20FNOS/c1-3-4-9-19(11-14-8-10-21-12-14)17(20)15-7-5-6-13(2)16(15)18/h5-8,10,12H,3-4,9,11H2,1-2H3. The van der Waals surface area contributed by atoms with E-state index in [1.54, 1.807) is 41.4 Å². The van der Waals surface area contributed by atoms with E-state index >= 15 is 0 Å². The lowest BCUT2D eigenvalue weighted by Gasteiger charge is -2.22. The first-order chi connectivity index (χ1) is 10.1. The van der Waals surface area contributed by atoms with Crippen molar-refractivity contribution in [3.05, 3.63) is 57.5 Å². The van der Waals surface area contributed by atoms with Crippen LogP contribution in [-0.4, -0.2) is 17.4 Å². The highest BCUT2D eigenvalue weighted by Gasteiger charge is 2.20. The van der Waals surface area contributed by atoms with Gasteiger partial charge < -0.3 is 4.90 Å². The zero-order valence-electron chi connectivity index (χ0n) is 12.4.